The Balaban J connectivity index is 1.65. The quantitative estimate of drug-likeness (QED) is 0.574. The number of para-hydroxylation sites is 1. The topological polar surface area (TPSA) is 90.3 Å². The minimum absolute atomic E-state index is 0.00194. The van der Waals surface area contributed by atoms with E-state index in [1.807, 2.05) is 30.3 Å². The van der Waals surface area contributed by atoms with E-state index in [0.29, 0.717) is 5.56 Å². The largest absolute Gasteiger partial charge is 0.459 e. The van der Waals surface area contributed by atoms with Gasteiger partial charge in [-0.15, -0.1) is 0 Å². The third-order valence-corrected chi connectivity index (χ3v) is 5.75. The summed E-state index contributed by atoms with van der Waals surface area (Å²) < 4.78 is 34.6. The Morgan fingerprint density at radius 3 is 2.31 bits per heavy atom. The molecule has 0 aliphatic carbocycles. The summed E-state index contributed by atoms with van der Waals surface area (Å²) >= 11 is 0. The van der Waals surface area contributed by atoms with Crippen molar-refractivity contribution in [2.75, 3.05) is 0 Å². The first-order chi connectivity index (χ1) is 13.9. The van der Waals surface area contributed by atoms with Gasteiger partial charge in [-0.1, -0.05) is 50.2 Å². The minimum atomic E-state index is -3.83. The lowest BCUT2D eigenvalue weighted by Gasteiger charge is -2.20. The summed E-state index contributed by atoms with van der Waals surface area (Å²) in [5.41, 5.74) is 1.59. The number of aromatic nitrogens is 2. The van der Waals surface area contributed by atoms with E-state index < -0.39 is 22.0 Å². The zero-order valence-electron chi connectivity index (χ0n) is 16.2. The lowest BCUT2D eigenvalue weighted by atomic mass is 10.1. The second kappa shape index (κ2) is 9.02. The standard InChI is InChI=1S/C21H23N3O4S/c1-16(2)20(23-29(26,27)19-11-7-4-8-12-19)21(25)28-15-17-13-22-24(14-17)18-9-5-3-6-10-18/h3-14,16,20,23H,15H2,1-2H3/t20-/m1/s1. The normalized spacial score (nSPS) is 12.7. The molecule has 0 radical (unpaired) electrons. The van der Waals surface area contributed by atoms with E-state index >= 15 is 0 Å². The molecule has 1 N–H and O–H groups in total. The van der Waals surface area contributed by atoms with Crippen LogP contribution >= 0.6 is 0 Å². The third kappa shape index (κ3) is 5.30. The maximum absolute atomic E-state index is 12.6. The number of hydrogen-bond donors (Lipinski definition) is 1. The summed E-state index contributed by atoms with van der Waals surface area (Å²) in [7, 11) is -3.83. The van der Waals surface area contributed by atoms with Gasteiger partial charge in [-0.25, -0.2) is 13.1 Å². The summed E-state index contributed by atoms with van der Waals surface area (Å²) in [6.07, 6.45) is 3.37. The molecule has 0 aliphatic rings. The summed E-state index contributed by atoms with van der Waals surface area (Å²) in [6, 6.07) is 16.5. The number of carbonyl (C=O) groups is 1. The van der Waals surface area contributed by atoms with E-state index in [4.69, 9.17) is 4.74 Å². The number of hydrogen-bond acceptors (Lipinski definition) is 5. The molecule has 0 unspecified atom stereocenters. The van der Waals surface area contributed by atoms with Crippen molar-refractivity contribution in [3.05, 3.63) is 78.6 Å². The number of ether oxygens (including phenoxy) is 1. The third-order valence-electron chi connectivity index (χ3n) is 4.29. The Morgan fingerprint density at radius 2 is 1.69 bits per heavy atom. The van der Waals surface area contributed by atoms with E-state index in [9.17, 15) is 13.2 Å². The summed E-state index contributed by atoms with van der Waals surface area (Å²) in [4.78, 5) is 12.7. The molecule has 1 heterocycles. The van der Waals surface area contributed by atoms with E-state index in [-0.39, 0.29) is 17.4 Å². The second-order valence-electron chi connectivity index (χ2n) is 6.89. The molecule has 0 bridgehead atoms. The molecule has 3 rings (SSSR count). The summed E-state index contributed by atoms with van der Waals surface area (Å²) in [5.74, 6) is -0.917. The average Bonchev–Trinajstić information content (AvgIpc) is 3.20. The Labute approximate surface area is 170 Å². The highest BCUT2D eigenvalue weighted by Crippen LogP contribution is 2.14. The van der Waals surface area contributed by atoms with Crippen molar-refractivity contribution < 1.29 is 17.9 Å². The van der Waals surface area contributed by atoms with E-state index in [0.717, 1.165) is 5.69 Å². The molecule has 3 aromatic rings. The number of sulfonamides is 1. The Bertz CT molecular complexity index is 1050. The van der Waals surface area contributed by atoms with Crippen LogP contribution in [-0.4, -0.2) is 30.2 Å². The van der Waals surface area contributed by atoms with Gasteiger partial charge in [0.05, 0.1) is 16.8 Å². The molecule has 0 aliphatic heterocycles. The number of carbonyl (C=O) groups excluding carboxylic acids is 1. The fraction of sp³-hybridized carbons (Fsp3) is 0.238. The first kappa shape index (κ1) is 20.8. The molecule has 0 saturated heterocycles. The maximum atomic E-state index is 12.6. The highest BCUT2D eigenvalue weighted by molar-refractivity contribution is 7.89. The molecular weight excluding hydrogens is 390 g/mol. The van der Waals surface area contributed by atoms with Crippen LogP contribution in [0.25, 0.3) is 5.69 Å². The van der Waals surface area contributed by atoms with E-state index in [1.54, 1.807) is 49.1 Å². The zero-order chi connectivity index (χ0) is 20.9. The molecule has 0 spiro atoms. The lowest BCUT2D eigenvalue weighted by molar-refractivity contribution is -0.148. The van der Waals surface area contributed by atoms with Crippen LogP contribution in [0.5, 0.6) is 0 Å². The molecule has 0 saturated carbocycles. The Kier molecular flexibility index (Phi) is 6.46. The van der Waals surface area contributed by atoms with Crippen molar-refractivity contribution in [2.45, 2.75) is 31.4 Å². The van der Waals surface area contributed by atoms with Gasteiger partial charge in [0.2, 0.25) is 10.0 Å². The predicted molar refractivity (Wildman–Crippen MR) is 109 cm³/mol. The SMILES string of the molecule is CC(C)[C@@H](NS(=O)(=O)c1ccccc1)C(=O)OCc1cnn(-c2ccccc2)c1. The van der Waals surface area contributed by atoms with Crippen LogP contribution in [0.2, 0.25) is 0 Å². The number of benzene rings is 2. The molecule has 29 heavy (non-hydrogen) atoms. The molecule has 8 heteroatoms. The van der Waals surface area contributed by atoms with Gasteiger partial charge in [-0.05, 0) is 30.2 Å². The molecule has 1 aromatic heterocycles. The predicted octanol–water partition coefficient (Wildman–Crippen LogP) is 2.92. The Hall–Kier alpha value is -2.97. The zero-order valence-corrected chi connectivity index (χ0v) is 17.0. The number of nitrogens with zero attached hydrogens (tertiary/aromatic N) is 2. The van der Waals surface area contributed by atoms with Crippen LogP contribution in [0.4, 0.5) is 0 Å². The highest BCUT2D eigenvalue weighted by Gasteiger charge is 2.29. The maximum Gasteiger partial charge on any atom is 0.324 e. The van der Waals surface area contributed by atoms with Gasteiger partial charge in [-0.2, -0.15) is 9.82 Å². The monoisotopic (exact) mass is 413 g/mol. The highest BCUT2D eigenvalue weighted by atomic mass is 32.2. The number of rotatable bonds is 8. The summed E-state index contributed by atoms with van der Waals surface area (Å²) in [6.45, 7) is 3.52. The second-order valence-corrected chi connectivity index (χ2v) is 8.61. The molecule has 1 atom stereocenters. The fourth-order valence-electron chi connectivity index (χ4n) is 2.69. The van der Waals surface area contributed by atoms with Gasteiger partial charge < -0.3 is 4.74 Å². The molecule has 0 fully saturated rings. The van der Waals surface area contributed by atoms with Gasteiger partial charge in [0, 0.05) is 11.8 Å². The summed E-state index contributed by atoms with van der Waals surface area (Å²) in [5, 5.41) is 4.26. The van der Waals surface area contributed by atoms with Crippen LogP contribution in [0, 0.1) is 5.92 Å². The van der Waals surface area contributed by atoms with Gasteiger partial charge in [-0.3, -0.25) is 4.79 Å². The van der Waals surface area contributed by atoms with Gasteiger partial charge in [0.15, 0.2) is 0 Å². The molecular formula is C21H23N3O4S. The van der Waals surface area contributed by atoms with Crippen molar-refractivity contribution in [2.24, 2.45) is 5.92 Å². The van der Waals surface area contributed by atoms with Crippen LogP contribution in [0.15, 0.2) is 78.0 Å². The van der Waals surface area contributed by atoms with Crippen molar-refractivity contribution in [3.8, 4) is 5.69 Å². The fourth-order valence-corrected chi connectivity index (χ4v) is 4.05. The van der Waals surface area contributed by atoms with Crippen molar-refractivity contribution in [1.29, 1.82) is 0 Å². The molecule has 0 amide bonds. The van der Waals surface area contributed by atoms with Crippen LogP contribution in [-0.2, 0) is 26.2 Å². The van der Waals surface area contributed by atoms with Crippen LogP contribution in [0.3, 0.4) is 0 Å². The van der Waals surface area contributed by atoms with Crippen LogP contribution in [0.1, 0.15) is 19.4 Å². The van der Waals surface area contributed by atoms with Gasteiger partial charge >= 0.3 is 5.97 Å². The molecule has 2 aromatic carbocycles. The van der Waals surface area contributed by atoms with Crippen molar-refractivity contribution in [3.63, 3.8) is 0 Å². The van der Waals surface area contributed by atoms with Crippen LogP contribution < -0.4 is 4.72 Å². The Morgan fingerprint density at radius 1 is 1.07 bits per heavy atom. The van der Waals surface area contributed by atoms with Crippen molar-refractivity contribution in [1.82, 2.24) is 14.5 Å². The van der Waals surface area contributed by atoms with E-state index in [1.165, 1.54) is 12.1 Å². The first-order valence-electron chi connectivity index (χ1n) is 9.20. The van der Waals surface area contributed by atoms with Crippen molar-refractivity contribution >= 4 is 16.0 Å². The molecule has 152 valence electrons. The van der Waals surface area contributed by atoms with E-state index in [2.05, 4.69) is 9.82 Å². The average molecular weight is 413 g/mol. The van der Waals surface area contributed by atoms with Gasteiger partial charge in [0.25, 0.3) is 0 Å². The smallest absolute Gasteiger partial charge is 0.324 e. The first-order valence-corrected chi connectivity index (χ1v) is 10.7. The van der Waals surface area contributed by atoms with Gasteiger partial charge in [0.1, 0.15) is 12.6 Å². The number of nitrogens with one attached hydrogen (secondary N) is 1. The minimum Gasteiger partial charge on any atom is -0.459 e. The lowest BCUT2D eigenvalue weighted by Crippen LogP contribution is -2.45. The molecule has 7 nitrogen and oxygen atoms in total. The number of esters is 1.